The van der Waals surface area contributed by atoms with Crippen LogP contribution in [0.1, 0.15) is 0 Å². The van der Waals surface area contributed by atoms with Gasteiger partial charge in [-0.05, 0) is 12.1 Å². The van der Waals surface area contributed by atoms with Gasteiger partial charge in [-0.3, -0.25) is 4.98 Å². The predicted octanol–water partition coefficient (Wildman–Crippen LogP) is 1.95. The van der Waals surface area contributed by atoms with Crippen LogP contribution in [0.5, 0.6) is 11.5 Å². The zero-order valence-corrected chi connectivity index (χ0v) is 7.19. The number of aromatic nitrogens is 1. The summed E-state index contributed by atoms with van der Waals surface area (Å²) < 4.78 is 5.07. The number of hydrogen-bond acceptors (Lipinski definition) is 3. The van der Waals surface area contributed by atoms with Gasteiger partial charge in [-0.25, -0.2) is 0 Å². The van der Waals surface area contributed by atoms with Crippen LogP contribution in [0.25, 0.3) is 10.9 Å². The molecule has 0 saturated heterocycles. The summed E-state index contributed by atoms with van der Waals surface area (Å²) >= 11 is 0. The van der Waals surface area contributed by atoms with Crippen LogP contribution in [-0.4, -0.2) is 17.2 Å². The first kappa shape index (κ1) is 7.86. The van der Waals surface area contributed by atoms with Crippen molar-refractivity contribution >= 4 is 10.9 Å². The van der Waals surface area contributed by atoms with E-state index in [2.05, 4.69) is 4.98 Å². The van der Waals surface area contributed by atoms with Gasteiger partial charge in [0.05, 0.1) is 18.8 Å². The summed E-state index contributed by atoms with van der Waals surface area (Å²) in [6.07, 6.45) is 1.39. The maximum absolute atomic E-state index is 9.42. The minimum Gasteiger partial charge on any atom is -0.503 e. The van der Waals surface area contributed by atoms with Crippen molar-refractivity contribution in [3.05, 3.63) is 30.5 Å². The minimum atomic E-state index is 0.0706. The van der Waals surface area contributed by atoms with E-state index in [9.17, 15) is 5.11 Å². The number of benzene rings is 1. The Hall–Kier alpha value is -1.77. The van der Waals surface area contributed by atoms with Gasteiger partial charge in [0.25, 0.3) is 0 Å². The van der Waals surface area contributed by atoms with E-state index < -0.39 is 0 Å². The maximum Gasteiger partial charge on any atom is 0.177 e. The zero-order chi connectivity index (χ0) is 9.26. The molecule has 13 heavy (non-hydrogen) atoms. The second kappa shape index (κ2) is 2.94. The van der Waals surface area contributed by atoms with Crippen LogP contribution in [0.3, 0.4) is 0 Å². The highest BCUT2D eigenvalue weighted by Crippen LogP contribution is 2.32. The van der Waals surface area contributed by atoms with Crippen LogP contribution < -0.4 is 4.74 Å². The van der Waals surface area contributed by atoms with Gasteiger partial charge in [-0.1, -0.05) is 12.1 Å². The van der Waals surface area contributed by atoms with Crippen molar-refractivity contribution in [1.82, 2.24) is 4.98 Å². The number of nitrogens with zero attached hydrogens (tertiary/aromatic N) is 1. The Morgan fingerprint density at radius 3 is 2.85 bits per heavy atom. The largest absolute Gasteiger partial charge is 0.503 e. The Balaban J connectivity index is 2.84. The highest BCUT2D eigenvalue weighted by molar-refractivity contribution is 5.86. The molecule has 0 atom stereocenters. The number of para-hydroxylation sites is 1. The van der Waals surface area contributed by atoms with Crippen molar-refractivity contribution in [2.75, 3.05) is 7.11 Å². The third-order valence-electron chi connectivity index (χ3n) is 1.91. The number of ether oxygens (including phenoxy) is 1. The first-order valence-corrected chi connectivity index (χ1v) is 3.93. The van der Waals surface area contributed by atoms with Crippen LogP contribution in [0.4, 0.5) is 0 Å². The standard InChI is InChI=1S/C10H9NO2/c1-13-10-7-4-2-3-5-8(7)11-6-9(10)12/h2-6,12H,1H3. The normalized spacial score (nSPS) is 10.2. The number of hydrogen-bond donors (Lipinski definition) is 1. The fourth-order valence-electron chi connectivity index (χ4n) is 1.32. The van der Waals surface area contributed by atoms with Crippen LogP contribution >= 0.6 is 0 Å². The van der Waals surface area contributed by atoms with Gasteiger partial charge in [-0.15, -0.1) is 0 Å². The summed E-state index contributed by atoms with van der Waals surface area (Å²) in [6, 6.07) is 7.51. The monoisotopic (exact) mass is 175 g/mol. The van der Waals surface area contributed by atoms with E-state index in [1.54, 1.807) is 0 Å². The van der Waals surface area contributed by atoms with Gasteiger partial charge in [-0.2, -0.15) is 0 Å². The van der Waals surface area contributed by atoms with E-state index in [-0.39, 0.29) is 5.75 Å². The molecule has 0 radical (unpaired) electrons. The average Bonchev–Trinajstić information content (AvgIpc) is 2.18. The smallest absolute Gasteiger partial charge is 0.177 e. The molecule has 0 aliphatic heterocycles. The van der Waals surface area contributed by atoms with Crippen molar-refractivity contribution in [3.8, 4) is 11.5 Å². The SMILES string of the molecule is COc1c(O)cnc2ccccc12. The fourth-order valence-corrected chi connectivity index (χ4v) is 1.32. The van der Waals surface area contributed by atoms with Crippen LogP contribution in [0.15, 0.2) is 30.5 Å². The predicted molar refractivity (Wildman–Crippen MR) is 50.0 cm³/mol. The van der Waals surface area contributed by atoms with Gasteiger partial charge in [0.1, 0.15) is 0 Å². The molecule has 0 spiro atoms. The Morgan fingerprint density at radius 2 is 2.08 bits per heavy atom. The third-order valence-corrected chi connectivity index (χ3v) is 1.91. The second-order valence-corrected chi connectivity index (χ2v) is 2.69. The Bertz CT molecular complexity index is 440. The summed E-state index contributed by atoms with van der Waals surface area (Å²) in [5.41, 5.74) is 0.817. The first-order chi connectivity index (χ1) is 6.33. The van der Waals surface area contributed by atoms with Crippen LogP contribution in [0.2, 0.25) is 0 Å². The van der Waals surface area contributed by atoms with Gasteiger partial charge in [0.2, 0.25) is 0 Å². The van der Waals surface area contributed by atoms with E-state index in [4.69, 9.17) is 4.74 Å². The molecule has 0 fully saturated rings. The lowest BCUT2D eigenvalue weighted by Gasteiger charge is -2.05. The van der Waals surface area contributed by atoms with Gasteiger partial charge >= 0.3 is 0 Å². The highest BCUT2D eigenvalue weighted by Gasteiger charge is 2.06. The van der Waals surface area contributed by atoms with Crippen molar-refractivity contribution in [2.24, 2.45) is 0 Å². The van der Waals surface area contributed by atoms with Crippen molar-refractivity contribution in [1.29, 1.82) is 0 Å². The van der Waals surface area contributed by atoms with Gasteiger partial charge in [0.15, 0.2) is 11.5 Å². The van der Waals surface area contributed by atoms with E-state index in [1.165, 1.54) is 13.3 Å². The fraction of sp³-hybridized carbons (Fsp3) is 0.100. The molecule has 66 valence electrons. The first-order valence-electron chi connectivity index (χ1n) is 3.93. The quantitative estimate of drug-likeness (QED) is 0.720. The average molecular weight is 175 g/mol. The number of rotatable bonds is 1. The maximum atomic E-state index is 9.42. The molecule has 3 heteroatoms. The molecule has 0 unspecified atom stereocenters. The lowest BCUT2D eigenvalue weighted by molar-refractivity contribution is 0.377. The Morgan fingerprint density at radius 1 is 1.31 bits per heavy atom. The molecule has 3 nitrogen and oxygen atoms in total. The molecule has 0 bridgehead atoms. The summed E-state index contributed by atoms with van der Waals surface area (Å²) in [4.78, 5) is 4.06. The molecule has 0 aliphatic rings. The van der Waals surface area contributed by atoms with Crippen molar-refractivity contribution in [2.45, 2.75) is 0 Å². The summed E-state index contributed by atoms with van der Waals surface area (Å²) in [7, 11) is 1.53. The van der Waals surface area contributed by atoms with E-state index in [0.29, 0.717) is 5.75 Å². The Kier molecular flexibility index (Phi) is 1.77. The molecule has 1 aromatic heterocycles. The summed E-state index contributed by atoms with van der Waals surface area (Å²) in [5, 5.41) is 10.2. The Labute approximate surface area is 75.6 Å². The molecule has 1 aromatic carbocycles. The van der Waals surface area contributed by atoms with Gasteiger partial charge in [0, 0.05) is 5.39 Å². The molecular formula is C10H9NO2. The van der Waals surface area contributed by atoms with Crippen LogP contribution in [-0.2, 0) is 0 Å². The van der Waals surface area contributed by atoms with E-state index >= 15 is 0 Å². The van der Waals surface area contributed by atoms with E-state index in [0.717, 1.165) is 10.9 Å². The number of methoxy groups -OCH3 is 1. The molecule has 2 aromatic rings. The van der Waals surface area contributed by atoms with Crippen LogP contribution in [0, 0.1) is 0 Å². The molecule has 2 rings (SSSR count). The second-order valence-electron chi connectivity index (χ2n) is 2.69. The third kappa shape index (κ3) is 1.18. The van der Waals surface area contributed by atoms with Crippen molar-refractivity contribution in [3.63, 3.8) is 0 Å². The molecule has 1 heterocycles. The lowest BCUT2D eigenvalue weighted by atomic mass is 10.2. The number of fused-ring (bicyclic) bond motifs is 1. The molecular weight excluding hydrogens is 166 g/mol. The summed E-state index contributed by atoms with van der Waals surface area (Å²) in [6.45, 7) is 0. The summed E-state index contributed by atoms with van der Waals surface area (Å²) in [5.74, 6) is 0.548. The molecule has 0 saturated carbocycles. The highest BCUT2D eigenvalue weighted by atomic mass is 16.5. The zero-order valence-electron chi connectivity index (χ0n) is 7.19. The molecule has 1 N–H and O–H groups in total. The van der Waals surface area contributed by atoms with Crippen molar-refractivity contribution < 1.29 is 9.84 Å². The number of aromatic hydroxyl groups is 1. The number of pyridine rings is 1. The lowest BCUT2D eigenvalue weighted by Crippen LogP contribution is -1.87. The topological polar surface area (TPSA) is 42.4 Å². The van der Waals surface area contributed by atoms with E-state index in [1.807, 2.05) is 24.3 Å². The molecule has 0 amide bonds. The van der Waals surface area contributed by atoms with Gasteiger partial charge < -0.3 is 9.84 Å². The minimum absolute atomic E-state index is 0.0706. The molecule has 0 aliphatic carbocycles.